The molecule has 0 aliphatic heterocycles. The summed E-state index contributed by atoms with van der Waals surface area (Å²) in [5.41, 5.74) is 7.53. The number of thiocarbonyl (C=S) groups is 1. The van der Waals surface area contributed by atoms with Crippen LogP contribution in [0.5, 0.6) is 0 Å². The van der Waals surface area contributed by atoms with Crippen LogP contribution in [0, 0.1) is 0 Å². The summed E-state index contributed by atoms with van der Waals surface area (Å²) in [6, 6.07) is 6.30. The van der Waals surface area contributed by atoms with Crippen LogP contribution in [0.15, 0.2) is 22.7 Å². The fraction of sp³-hybridized carbons (Fsp3) is 0.417. The van der Waals surface area contributed by atoms with Gasteiger partial charge >= 0.3 is 0 Å². The van der Waals surface area contributed by atoms with Crippen LogP contribution in [0.25, 0.3) is 0 Å². The lowest BCUT2D eigenvalue weighted by molar-refractivity contribution is 0.392. The summed E-state index contributed by atoms with van der Waals surface area (Å²) in [5.74, 6) is 0. The van der Waals surface area contributed by atoms with Crippen LogP contribution in [0.1, 0.15) is 12.5 Å². The second-order valence-electron chi connectivity index (χ2n) is 4.37. The minimum Gasteiger partial charge on any atom is -0.389 e. The Morgan fingerprint density at radius 2 is 2.18 bits per heavy atom. The number of halogens is 1. The normalized spacial score (nSPS) is 12.5. The summed E-state index contributed by atoms with van der Waals surface area (Å²) in [4.78, 5) is 2.56. The molecule has 5 heteroatoms. The quantitative estimate of drug-likeness (QED) is 0.819. The lowest BCUT2D eigenvalue weighted by Crippen LogP contribution is -2.29. The number of benzene rings is 1. The Morgan fingerprint density at radius 1 is 1.53 bits per heavy atom. The van der Waals surface area contributed by atoms with Crippen molar-refractivity contribution in [3.63, 3.8) is 0 Å². The van der Waals surface area contributed by atoms with Crippen LogP contribution in [-0.2, 0) is 0 Å². The topological polar surface area (TPSA) is 41.3 Å². The van der Waals surface area contributed by atoms with Crippen LogP contribution < -0.4 is 11.1 Å². The Hall–Kier alpha value is -0.650. The van der Waals surface area contributed by atoms with Crippen molar-refractivity contribution in [3.8, 4) is 0 Å². The number of anilines is 1. The van der Waals surface area contributed by atoms with E-state index in [0.29, 0.717) is 11.0 Å². The maximum absolute atomic E-state index is 5.61. The Balaban J connectivity index is 2.74. The maximum Gasteiger partial charge on any atom is 0.105 e. The molecule has 3 N–H and O–H groups in total. The zero-order valence-corrected chi connectivity index (χ0v) is 12.7. The fourth-order valence-corrected chi connectivity index (χ4v) is 2.58. The fourth-order valence-electron chi connectivity index (χ4n) is 1.68. The monoisotopic (exact) mass is 315 g/mol. The van der Waals surface area contributed by atoms with Gasteiger partial charge in [-0.25, -0.2) is 0 Å². The van der Waals surface area contributed by atoms with E-state index in [1.165, 1.54) is 0 Å². The maximum atomic E-state index is 5.61. The van der Waals surface area contributed by atoms with E-state index in [1.807, 2.05) is 18.2 Å². The van der Waals surface area contributed by atoms with E-state index in [1.54, 1.807) is 0 Å². The van der Waals surface area contributed by atoms with Gasteiger partial charge in [0.25, 0.3) is 0 Å². The molecule has 0 aromatic heterocycles. The molecule has 17 heavy (non-hydrogen) atoms. The van der Waals surface area contributed by atoms with Crippen LogP contribution in [-0.4, -0.2) is 36.6 Å². The summed E-state index contributed by atoms with van der Waals surface area (Å²) in [5, 5.41) is 3.42. The van der Waals surface area contributed by atoms with Crippen molar-refractivity contribution < 1.29 is 0 Å². The molecule has 0 aliphatic carbocycles. The Kier molecular flexibility index (Phi) is 5.36. The Labute approximate surface area is 116 Å². The molecule has 0 saturated carbocycles. The van der Waals surface area contributed by atoms with E-state index in [2.05, 4.69) is 47.2 Å². The van der Waals surface area contributed by atoms with Gasteiger partial charge in [0.2, 0.25) is 0 Å². The third kappa shape index (κ3) is 4.61. The highest BCUT2D eigenvalue weighted by atomic mass is 79.9. The van der Waals surface area contributed by atoms with E-state index < -0.39 is 0 Å². The van der Waals surface area contributed by atoms with Gasteiger partial charge in [-0.3, -0.25) is 0 Å². The molecule has 0 bridgehead atoms. The highest BCUT2D eigenvalue weighted by molar-refractivity contribution is 9.10. The number of hydrogen-bond donors (Lipinski definition) is 2. The average Bonchev–Trinajstić information content (AvgIpc) is 2.15. The van der Waals surface area contributed by atoms with Gasteiger partial charge in [-0.1, -0.05) is 12.2 Å². The average molecular weight is 316 g/mol. The number of likely N-dealkylation sites (N-methyl/N-ethyl adjacent to an activating group) is 1. The summed E-state index contributed by atoms with van der Waals surface area (Å²) in [6.07, 6.45) is 0. The van der Waals surface area contributed by atoms with Crippen molar-refractivity contribution in [3.05, 3.63) is 28.2 Å². The smallest absolute Gasteiger partial charge is 0.105 e. The van der Waals surface area contributed by atoms with E-state index in [-0.39, 0.29) is 0 Å². The molecule has 1 aromatic rings. The van der Waals surface area contributed by atoms with Crippen LogP contribution in [0.3, 0.4) is 0 Å². The molecular formula is C12H18BrN3S. The van der Waals surface area contributed by atoms with Crippen molar-refractivity contribution in [1.82, 2.24) is 4.90 Å². The number of nitrogens with one attached hydrogen (secondary N) is 1. The number of rotatable bonds is 5. The Morgan fingerprint density at radius 3 is 2.65 bits per heavy atom. The van der Waals surface area contributed by atoms with Gasteiger partial charge in [-0.2, -0.15) is 0 Å². The molecule has 0 spiro atoms. The third-order valence-corrected chi connectivity index (χ3v) is 3.16. The third-order valence-electron chi connectivity index (χ3n) is 2.29. The van der Waals surface area contributed by atoms with Crippen LogP contribution in [0.2, 0.25) is 0 Å². The lowest BCUT2D eigenvalue weighted by Gasteiger charge is -2.19. The van der Waals surface area contributed by atoms with Gasteiger partial charge in [0.05, 0.1) is 0 Å². The molecular weight excluding hydrogens is 298 g/mol. The van der Waals surface area contributed by atoms with Gasteiger partial charge < -0.3 is 16.0 Å². The summed E-state index contributed by atoms with van der Waals surface area (Å²) < 4.78 is 0.923. The second kappa shape index (κ2) is 6.33. The molecule has 0 aliphatic rings. The molecule has 1 unspecified atom stereocenters. The molecule has 0 heterocycles. The molecule has 3 nitrogen and oxygen atoms in total. The first-order valence-electron chi connectivity index (χ1n) is 5.40. The van der Waals surface area contributed by atoms with Crippen molar-refractivity contribution in [1.29, 1.82) is 0 Å². The summed E-state index contributed by atoms with van der Waals surface area (Å²) in [6.45, 7) is 3.13. The first-order chi connectivity index (χ1) is 7.90. The number of hydrogen-bond acceptors (Lipinski definition) is 3. The molecule has 0 amide bonds. The molecule has 0 fully saturated rings. The minimum absolute atomic E-state index is 0.382. The minimum atomic E-state index is 0.382. The molecule has 1 rings (SSSR count). The molecule has 0 radical (unpaired) electrons. The van der Waals surface area contributed by atoms with E-state index in [4.69, 9.17) is 18.0 Å². The highest BCUT2D eigenvalue weighted by Crippen LogP contribution is 2.22. The van der Waals surface area contributed by atoms with E-state index in [0.717, 1.165) is 22.3 Å². The zero-order valence-electron chi connectivity index (χ0n) is 10.3. The van der Waals surface area contributed by atoms with Crippen molar-refractivity contribution in [2.75, 3.05) is 26.0 Å². The molecule has 0 saturated heterocycles. The van der Waals surface area contributed by atoms with Crippen LogP contribution >= 0.6 is 28.1 Å². The van der Waals surface area contributed by atoms with E-state index in [9.17, 15) is 0 Å². The first kappa shape index (κ1) is 14.4. The molecule has 1 atom stereocenters. The summed E-state index contributed by atoms with van der Waals surface area (Å²) >= 11 is 8.43. The number of nitrogens with zero attached hydrogens (tertiary/aromatic N) is 1. The van der Waals surface area contributed by atoms with Gasteiger partial charge in [0, 0.05) is 28.3 Å². The predicted octanol–water partition coefficient (Wildman–Crippen LogP) is 2.45. The second-order valence-corrected chi connectivity index (χ2v) is 5.66. The highest BCUT2D eigenvalue weighted by Gasteiger charge is 2.06. The van der Waals surface area contributed by atoms with Gasteiger partial charge in [0.15, 0.2) is 0 Å². The van der Waals surface area contributed by atoms with Crippen molar-refractivity contribution >= 4 is 38.8 Å². The molecule has 94 valence electrons. The van der Waals surface area contributed by atoms with Crippen molar-refractivity contribution in [2.45, 2.75) is 13.0 Å². The summed E-state index contributed by atoms with van der Waals surface area (Å²) in [7, 11) is 4.12. The SMILES string of the molecule is CC(CN(C)C)Nc1ccc(C(N)=S)c(Br)c1. The van der Waals surface area contributed by atoms with Gasteiger partial charge in [-0.05, 0) is 55.1 Å². The first-order valence-corrected chi connectivity index (χ1v) is 6.61. The predicted molar refractivity (Wildman–Crippen MR) is 81.7 cm³/mol. The number of nitrogens with two attached hydrogens (primary N) is 1. The zero-order chi connectivity index (χ0) is 13.0. The van der Waals surface area contributed by atoms with Crippen molar-refractivity contribution in [2.24, 2.45) is 5.73 Å². The van der Waals surface area contributed by atoms with Crippen LogP contribution in [0.4, 0.5) is 5.69 Å². The Bertz CT molecular complexity index is 407. The standard InChI is InChI=1S/C12H18BrN3S/c1-8(7-16(2)3)15-9-4-5-10(12(14)17)11(13)6-9/h4-6,8,15H,7H2,1-3H3,(H2,14,17). The van der Waals surface area contributed by atoms with Gasteiger partial charge in [0.1, 0.15) is 4.99 Å². The lowest BCUT2D eigenvalue weighted by atomic mass is 10.2. The van der Waals surface area contributed by atoms with Gasteiger partial charge in [-0.15, -0.1) is 0 Å². The van der Waals surface area contributed by atoms with E-state index >= 15 is 0 Å². The largest absolute Gasteiger partial charge is 0.389 e. The molecule has 1 aromatic carbocycles.